The van der Waals surface area contributed by atoms with Gasteiger partial charge in [0.25, 0.3) is 0 Å². The fourth-order valence-corrected chi connectivity index (χ4v) is 4.51. The third-order valence-electron chi connectivity index (χ3n) is 6.73. The summed E-state index contributed by atoms with van der Waals surface area (Å²) in [5.41, 5.74) is 3.81. The summed E-state index contributed by atoms with van der Waals surface area (Å²) in [7, 11) is 0. The van der Waals surface area contributed by atoms with Crippen LogP contribution in [0.1, 0.15) is 31.4 Å². The molecule has 0 aliphatic carbocycles. The number of anilines is 1. The summed E-state index contributed by atoms with van der Waals surface area (Å²) in [5.74, 6) is 0.259. The third-order valence-corrected chi connectivity index (χ3v) is 6.73. The Morgan fingerprint density at radius 2 is 1.76 bits per heavy atom. The number of rotatable bonds is 13. The highest BCUT2D eigenvalue weighted by atomic mass is 16.5. The molecule has 2 heterocycles. The number of hydrogen-bond acceptors (Lipinski definition) is 6. The van der Waals surface area contributed by atoms with Gasteiger partial charge in [0.05, 0.1) is 19.6 Å². The molecule has 2 aromatic carbocycles. The van der Waals surface area contributed by atoms with Crippen LogP contribution >= 0.6 is 0 Å². The fraction of sp³-hybridized carbons (Fsp3) is 0.355. The van der Waals surface area contributed by atoms with Crippen LogP contribution in [0.2, 0.25) is 0 Å². The van der Waals surface area contributed by atoms with Gasteiger partial charge < -0.3 is 19.4 Å². The lowest BCUT2D eigenvalue weighted by Crippen LogP contribution is -2.38. The van der Waals surface area contributed by atoms with Crippen molar-refractivity contribution in [2.45, 2.75) is 20.3 Å². The summed E-state index contributed by atoms with van der Waals surface area (Å²) in [6.07, 6.45) is 8.13. The average Bonchev–Trinajstić information content (AvgIpc) is 3.41. The predicted octanol–water partition coefficient (Wildman–Crippen LogP) is 4.98. The monoisotopic (exact) mass is 515 g/mol. The first-order chi connectivity index (χ1) is 18.6. The van der Waals surface area contributed by atoms with Gasteiger partial charge in [-0.15, -0.1) is 0 Å². The van der Waals surface area contributed by atoms with Crippen molar-refractivity contribution in [1.82, 2.24) is 9.88 Å². The molecule has 0 radical (unpaired) electrons. The highest BCUT2D eigenvalue weighted by Gasteiger charge is 2.12. The highest BCUT2D eigenvalue weighted by Crippen LogP contribution is 2.27. The van der Waals surface area contributed by atoms with Gasteiger partial charge in [0.15, 0.2) is 11.6 Å². The number of benzene rings is 2. The molecule has 0 amide bonds. The Morgan fingerprint density at radius 1 is 1.00 bits per heavy atom. The van der Waals surface area contributed by atoms with Gasteiger partial charge in [0.1, 0.15) is 12.4 Å². The summed E-state index contributed by atoms with van der Waals surface area (Å²) in [6.45, 7) is 10.7. The van der Waals surface area contributed by atoms with E-state index in [4.69, 9.17) is 9.47 Å². The third kappa shape index (κ3) is 7.66. The lowest BCUT2D eigenvalue weighted by atomic mass is 10.1. The molecule has 4 rings (SSSR count). The maximum absolute atomic E-state index is 12.6. The molecule has 1 aromatic heterocycles. The zero-order chi connectivity index (χ0) is 26.7. The van der Waals surface area contributed by atoms with Crippen molar-refractivity contribution in [3.8, 4) is 5.75 Å². The van der Waals surface area contributed by atoms with Gasteiger partial charge in [-0.3, -0.25) is 14.5 Å². The fourth-order valence-electron chi connectivity index (χ4n) is 4.51. The second-order valence-corrected chi connectivity index (χ2v) is 9.30. The minimum Gasteiger partial charge on any atom is -0.492 e. The SMILES string of the molecule is CCN(CC)c1ccc(C=CC(=O)CC(=O)C=Cc2ccc3cc[nH]c3c2)c(OCCN2CCOCC2)c1. The Kier molecular flexibility index (Phi) is 9.90. The van der Waals surface area contributed by atoms with Gasteiger partial charge in [-0.1, -0.05) is 18.2 Å². The number of morpholine rings is 1. The van der Waals surface area contributed by atoms with E-state index in [1.807, 2.05) is 48.7 Å². The van der Waals surface area contributed by atoms with Crippen LogP contribution in [-0.2, 0) is 14.3 Å². The zero-order valence-electron chi connectivity index (χ0n) is 22.3. The smallest absolute Gasteiger partial charge is 0.163 e. The van der Waals surface area contributed by atoms with Crippen molar-refractivity contribution in [3.05, 3.63) is 71.9 Å². The van der Waals surface area contributed by atoms with E-state index < -0.39 is 0 Å². The summed E-state index contributed by atoms with van der Waals surface area (Å²) < 4.78 is 11.6. The summed E-state index contributed by atoms with van der Waals surface area (Å²) in [6, 6.07) is 14.0. The zero-order valence-corrected chi connectivity index (χ0v) is 22.3. The minimum absolute atomic E-state index is 0.178. The Labute approximate surface area is 224 Å². The maximum atomic E-state index is 12.6. The molecule has 1 aliphatic rings. The van der Waals surface area contributed by atoms with Gasteiger partial charge >= 0.3 is 0 Å². The van der Waals surface area contributed by atoms with Crippen molar-refractivity contribution in [3.63, 3.8) is 0 Å². The number of fused-ring (bicyclic) bond motifs is 1. The first-order valence-electron chi connectivity index (χ1n) is 13.4. The van der Waals surface area contributed by atoms with Crippen LogP contribution in [0.5, 0.6) is 5.75 Å². The highest BCUT2D eigenvalue weighted by molar-refractivity contribution is 6.11. The summed E-state index contributed by atoms with van der Waals surface area (Å²) in [4.78, 5) is 32.7. The first-order valence-corrected chi connectivity index (χ1v) is 13.4. The Bertz CT molecular complexity index is 1280. The molecule has 7 heteroatoms. The number of aromatic nitrogens is 1. The molecule has 200 valence electrons. The lowest BCUT2D eigenvalue weighted by molar-refractivity contribution is -0.121. The van der Waals surface area contributed by atoms with E-state index in [2.05, 4.69) is 28.6 Å². The van der Waals surface area contributed by atoms with Crippen LogP contribution < -0.4 is 9.64 Å². The normalized spacial score (nSPS) is 14.5. The van der Waals surface area contributed by atoms with Crippen LogP contribution in [-0.4, -0.2) is 74.0 Å². The molecule has 7 nitrogen and oxygen atoms in total. The number of allylic oxidation sites excluding steroid dienone is 2. The van der Waals surface area contributed by atoms with Crippen LogP contribution in [0.4, 0.5) is 5.69 Å². The average molecular weight is 516 g/mol. The molecule has 1 fully saturated rings. The number of aromatic amines is 1. The van der Waals surface area contributed by atoms with Crippen molar-refractivity contribution in [2.75, 3.05) is 57.4 Å². The number of ketones is 2. The summed E-state index contributed by atoms with van der Waals surface area (Å²) in [5, 5.41) is 1.11. The molecule has 3 aromatic rings. The van der Waals surface area contributed by atoms with Crippen LogP contribution in [0.15, 0.2) is 60.8 Å². The standard InChI is InChI=1S/C31H37N3O4/c1-3-34(4-2)27-10-8-26(31(22-27)38-20-17-33-15-18-37-19-16-33)9-12-29(36)23-28(35)11-6-24-5-7-25-13-14-32-30(25)21-24/h5-14,21-22,32H,3-4,15-20,23H2,1-2H3. The molecule has 0 spiro atoms. The van der Waals surface area contributed by atoms with Crippen LogP contribution in [0.25, 0.3) is 23.1 Å². The van der Waals surface area contributed by atoms with E-state index in [0.717, 1.165) is 79.4 Å². The van der Waals surface area contributed by atoms with E-state index in [1.54, 1.807) is 12.2 Å². The Balaban J connectivity index is 1.38. The number of carbonyl (C=O) groups is 2. The van der Waals surface area contributed by atoms with Crippen molar-refractivity contribution < 1.29 is 19.1 Å². The number of carbonyl (C=O) groups excluding carboxylic acids is 2. The van der Waals surface area contributed by atoms with Crippen molar-refractivity contribution >= 4 is 40.3 Å². The first kappa shape index (κ1) is 27.4. The number of nitrogens with zero attached hydrogens (tertiary/aromatic N) is 2. The molecule has 1 aliphatic heterocycles. The molecule has 1 N–H and O–H groups in total. The predicted molar refractivity (Wildman–Crippen MR) is 154 cm³/mol. The largest absolute Gasteiger partial charge is 0.492 e. The molecule has 0 unspecified atom stereocenters. The maximum Gasteiger partial charge on any atom is 0.163 e. The van der Waals surface area contributed by atoms with Gasteiger partial charge in [-0.05, 0) is 67.3 Å². The number of hydrogen-bond donors (Lipinski definition) is 1. The van der Waals surface area contributed by atoms with Crippen molar-refractivity contribution in [2.24, 2.45) is 0 Å². The van der Waals surface area contributed by atoms with Gasteiger partial charge in [0.2, 0.25) is 0 Å². The molecule has 0 saturated carbocycles. The van der Waals surface area contributed by atoms with Gasteiger partial charge in [-0.2, -0.15) is 0 Å². The molecule has 1 saturated heterocycles. The lowest BCUT2D eigenvalue weighted by Gasteiger charge is -2.27. The van der Waals surface area contributed by atoms with Gasteiger partial charge in [-0.25, -0.2) is 0 Å². The van der Waals surface area contributed by atoms with E-state index in [9.17, 15) is 9.59 Å². The molecular weight excluding hydrogens is 478 g/mol. The molecule has 0 atom stereocenters. The van der Waals surface area contributed by atoms with E-state index >= 15 is 0 Å². The minimum atomic E-state index is -0.244. The Hall–Kier alpha value is -3.68. The van der Waals surface area contributed by atoms with E-state index in [-0.39, 0.29) is 18.0 Å². The van der Waals surface area contributed by atoms with Crippen molar-refractivity contribution in [1.29, 1.82) is 0 Å². The second-order valence-electron chi connectivity index (χ2n) is 9.30. The van der Waals surface area contributed by atoms with Crippen LogP contribution in [0.3, 0.4) is 0 Å². The quantitative estimate of drug-likeness (QED) is 0.256. The molecule has 0 bridgehead atoms. The van der Waals surface area contributed by atoms with E-state index in [0.29, 0.717) is 6.61 Å². The number of nitrogens with one attached hydrogen (secondary N) is 1. The van der Waals surface area contributed by atoms with E-state index in [1.165, 1.54) is 12.2 Å². The topological polar surface area (TPSA) is 74.9 Å². The molecule has 38 heavy (non-hydrogen) atoms. The van der Waals surface area contributed by atoms with Crippen LogP contribution in [0, 0.1) is 0 Å². The summed E-state index contributed by atoms with van der Waals surface area (Å²) >= 11 is 0. The second kappa shape index (κ2) is 13.7. The molecular formula is C31H37N3O4. The number of H-pyrrole nitrogens is 1. The van der Waals surface area contributed by atoms with Gasteiger partial charge in [0, 0.05) is 61.8 Å². The Morgan fingerprint density at radius 3 is 2.53 bits per heavy atom. The number of ether oxygens (including phenoxy) is 2.